The first-order valence-electron chi connectivity index (χ1n) is 8.95. The largest absolute Gasteiger partial charge is 0.356 e. The van der Waals surface area contributed by atoms with Gasteiger partial charge in [-0.2, -0.15) is 10.1 Å². The van der Waals surface area contributed by atoms with Crippen LogP contribution in [0.1, 0.15) is 24.1 Å². The van der Waals surface area contributed by atoms with E-state index in [1.54, 1.807) is 16.9 Å². The minimum atomic E-state index is 0.0380. The van der Waals surface area contributed by atoms with Crippen molar-refractivity contribution in [2.75, 3.05) is 37.0 Å². The third kappa shape index (κ3) is 3.23. The first-order valence-corrected chi connectivity index (χ1v) is 8.95. The Morgan fingerprint density at radius 1 is 1.24 bits per heavy atom. The molecule has 0 amide bonds. The summed E-state index contributed by atoms with van der Waals surface area (Å²) in [4.78, 5) is 25.2. The maximum atomic E-state index is 12.3. The summed E-state index contributed by atoms with van der Waals surface area (Å²) < 4.78 is 1.66. The van der Waals surface area contributed by atoms with Gasteiger partial charge >= 0.3 is 0 Å². The van der Waals surface area contributed by atoms with E-state index in [-0.39, 0.29) is 5.56 Å². The zero-order chi connectivity index (χ0) is 17.4. The molecule has 132 valence electrons. The normalized spacial score (nSPS) is 17.1. The number of hydrogen-bond acceptors (Lipinski definition) is 6. The van der Waals surface area contributed by atoms with Crippen LogP contribution in [0.2, 0.25) is 0 Å². The van der Waals surface area contributed by atoms with E-state index >= 15 is 0 Å². The van der Waals surface area contributed by atoms with Gasteiger partial charge in [-0.3, -0.25) is 4.79 Å². The number of nitrogens with zero attached hydrogens (tertiary/aromatic N) is 6. The Balaban J connectivity index is 1.42. The highest BCUT2D eigenvalue weighted by Gasteiger charge is 2.29. The fourth-order valence-electron chi connectivity index (χ4n) is 3.58. The Kier molecular flexibility index (Phi) is 4.15. The Bertz CT molecular complexity index is 825. The van der Waals surface area contributed by atoms with Crippen LogP contribution in [0.15, 0.2) is 23.1 Å². The first-order chi connectivity index (χ1) is 12.1. The summed E-state index contributed by atoms with van der Waals surface area (Å²) in [6.45, 7) is 2.48. The fourth-order valence-corrected chi connectivity index (χ4v) is 3.58. The number of aromatic nitrogens is 4. The number of anilines is 2. The third-order valence-electron chi connectivity index (χ3n) is 5.01. The quantitative estimate of drug-likeness (QED) is 0.831. The molecule has 2 aromatic heterocycles. The van der Waals surface area contributed by atoms with Gasteiger partial charge in [0.2, 0.25) is 5.95 Å². The summed E-state index contributed by atoms with van der Waals surface area (Å²) in [5.74, 6) is 2.10. The van der Waals surface area contributed by atoms with Crippen molar-refractivity contribution >= 4 is 11.8 Å². The predicted molar refractivity (Wildman–Crippen MR) is 97.2 cm³/mol. The SMILES string of the molecule is CN(C)c1nccc(N2CC(Cn3nc4c(cc3=O)CCCC4)C2)n1. The Morgan fingerprint density at radius 2 is 2.04 bits per heavy atom. The van der Waals surface area contributed by atoms with Gasteiger partial charge in [0.1, 0.15) is 5.82 Å². The van der Waals surface area contributed by atoms with Crippen LogP contribution in [-0.4, -0.2) is 46.9 Å². The average molecular weight is 340 g/mol. The molecule has 4 rings (SSSR count). The van der Waals surface area contributed by atoms with E-state index in [4.69, 9.17) is 0 Å². The van der Waals surface area contributed by atoms with E-state index in [1.807, 2.05) is 25.1 Å². The van der Waals surface area contributed by atoms with Crippen molar-refractivity contribution in [3.05, 3.63) is 39.9 Å². The lowest BCUT2D eigenvalue weighted by Crippen LogP contribution is -2.50. The van der Waals surface area contributed by atoms with Crippen LogP contribution in [0, 0.1) is 5.92 Å². The molecule has 1 aliphatic carbocycles. The molecule has 0 radical (unpaired) electrons. The molecule has 0 saturated carbocycles. The summed E-state index contributed by atoms with van der Waals surface area (Å²) in [6.07, 6.45) is 6.14. The van der Waals surface area contributed by atoms with Gasteiger partial charge in [-0.25, -0.2) is 9.67 Å². The number of rotatable bonds is 4. The van der Waals surface area contributed by atoms with Crippen LogP contribution in [0.3, 0.4) is 0 Å². The van der Waals surface area contributed by atoms with Crippen molar-refractivity contribution in [1.29, 1.82) is 0 Å². The van der Waals surface area contributed by atoms with E-state index in [9.17, 15) is 4.79 Å². The minimum Gasteiger partial charge on any atom is -0.356 e. The zero-order valence-corrected chi connectivity index (χ0v) is 14.9. The molecule has 0 bridgehead atoms. The van der Waals surface area contributed by atoms with Gasteiger partial charge in [-0.1, -0.05) is 0 Å². The van der Waals surface area contributed by atoms with Gasteiger partial charge < -0.3 is 9.80 Å². The molecule has 0 aromatic carbocycles. The number of hydrogen-bond donors (Lipinski definition) is 0. The molecule has 1 fully saturated rings. The highest BCUT2D eigenvalue weighted by molar-refractivity contribution is 5.45. The van der Waals surface area contributed by atoms with Gasteiger partial charge in [-0.15, -0.1) is 0 Å². The van der Waals surface area contributed by atoms with Crippen LogP contribution < -0.4 is 15.4 Å². The second kappa shape index (κ2) is 6.46. The molecule has 0 spiro atoms. The number of fused-ring (bicyclic) bond motifs is 1. The molecular weight excluding hydrogens is 316 g/mol. The second-order valence-electron chi connectivity index (χ2n) is 7.22. The van der Waals surface area contributed by atoms with E-state index in [0.29, 0.717) is 18.4 Å². The summed E-state index contributed by atoms with van der Waals surface area (Å²) in [6, 6.07) is 3.73. The van der Waals surface area contributed by atoms with Crippen LogP contribution in [0.25, 0.3) is 0 Å². The molecule has 7 nitrogen and oxygen atoms in total. The van der Waals surface area contributed by atoms with Gasteiger partial charge in [-0.05, 0) is 37.3 Å². The van der Waals surface area contributed by atoms with Crippen molar-refractivity contribution < 1.29 is 0 Å². The van der Waals surface area contributed by atoms with E-state index in [1.165, 1.54) is 12.8 Å². The van der Waals surface area contributed by atoms with Crippen molar-refractivity contribution in [2.45, 2.75) is 32.2 Å². The van der Waals surface area contributed by atoms with Crippen LogP contribution in [-0.2, 0) is 19.4 Å². The molecule has 0 N–H and O–H groups in total. The van der Waals surface area contributed by atoms with Crippen LogP contribution in [0.4, 0.5) is 11.8 Å². The zero-order valence-electron chi connectivity index (χ0n) is 14.9. The molecule has 1 aliphatic heterocycles. The summed E-state index contributed by atoms with van der Waals surface area (Å²) >= 11 is 0. The summed E-state index contributed by atoms with van der Waals surface area (Å²) in [5, 5.41) is 4.62. The fraction of sp³-hybridized carbons (Fsp3) is 0.556. The highest BCUT2D eigenvalue weighted by Crippen LogP contribution is 2.24. The van der Waals surface area contributed by atoms with E-state index in [0.717, 1.165) is 43.0 Å². The lowest BCUT2D eigenvalue weighted by Gasteiger charge is -2.40. The lowest BCUT2D eigenvalue weighted by atomic mass is 9.96. The van der Waals surface area contributed by atoms with Crippen molar-refractivity contribution in [3.63, 3.8) is 0 Å². The summed E-state index contributed by atoms with van der Waals surface area (Å²) in [7, 11) is 3.87. The Morgan fingerprint density at radius 3 is 2.84 bits per heavy atom. The molecule has 7 heteroatoms. The molecule has 2 aliphatic rings. The van der Waals surface area contributed by atoms with Crippen LogP contribution >= 0.6 is 0 Å². The monoisotopic (exact) mass is 340 g/mol. The maximum Gasteiger partial charge on any atom is 0.267 e. The molecule has 25 heavy (non-hydrogen) atoms. The van der Waals surface area contributed by atoms with E-state index < -0.39 is 0 Å². The first kappa shape index (κ1) is 16.1. The molecule has 1 saturated heterocycles. The lowest BCUT2D eigenvalue weighted by molar-refractivity contribution is 0.330. The van der Waals surface area contributed by atoms with Gasteiger partial charge in [0, 0.05) is 45.4 Å². The highest BCUT2D eigenvalue weighted by atomic mass is 16.1. The van der Waals surface area contributed by atoms with Gasteiger partial charge in [0.25, 0.3) is 5.56 Å². The summed E-state index contributed by atoms with van der Waals surface area (Å²) in [5.41, 5.74) is 2.31. The molecule has 2 aromatic rings. The smallest absolute Gasteiger partial charge is 0.267 e. The maximum absolute atomic E-state index is 12.3. The molecule has 0 unspecified atom stereocenters. The second-order valence-corrected chi connectivity index (χ2v) is 7.22. The van der Waals surface area contributed by atoms with Crippen molar-refractivity contribution in [3.8, 4) is 0 Å². The number of aryl methyl sites for hydroxylation is 2. The third-order valence-corrected chi connectivity index (χ3v) is 5.01. The predicted octanol–water partition coefficient (Wildman–Crippen LogP) is 1.11. The molecule has 0 atom stereocenters. The van der Waals surface area contributed by atoms with Crippen molar-refractivity contribution in [1.82, 2.24) is 19.7 Å². The standard InChI is InChI=1S/C18H24N6O/c1-22(2)18-19-8-7-16(20-18)23-10-13(11-23)12-24-17(25)9-14-5-3-4-6-15(14)21-24/h7-9,13H,3-6,10-12H2,1-2H3. The Hall–Kier alpha value is -2.44. The van der Waals surface area contributed by atoms with Gasteiger partial charge in [0.05, 0.1) is 12.2 Å². The molecular formula is C18H24N6O. The topological polar surface area (TPSA) is 67.2 Å². The average Bonchev–Trinajstić information content (AvgIpc) is 2.58. The molecule has 3 heterocycles. The van der Waals surface area contributed by atoms with Crippen molar-refractivity contribution in [2.24, 2.45) is 5.92 Å². The van der Waals surface area contributed by atoms with E-state index in [2.05, 4.69) is 20.0 Å². The minimum absolute atomic E-state index is 0.0380. The van der Waals surface area contributed by atoms with Gasteiger partial charge in [0.15, 0.2) is 0 Å². The Labute approximate surface area is 147 Å². The van der Waals surface area contributed by atoms with Crippen LogP contribution in [0.5, 0.6) is 0 Å².